The van der Waals surface area contributed by atoms with Gasteiger partial charge in [0.15, 0.2) is 0 Å². The molecule has 0 bridgehead atoms. The van der Waals surface area contributed by atoms with Crippen molar-refractivity contribution in [2.24, 2.45) is 11.3 Å². The third kappa shape index (κ3) is 4.78. The smallest absolute Gasteiger partial charge is 0.256 e. The summed E-state index contributed by atoms with van der Waals surface area (Å²) in [5, 5.41) is 6.35. The molecule has 7 heteroatoms. The van der Waals surface area contributed by atoms with E-state index in [0.717, 1.165) is 29.7 Å². The molecule has 2 N–H and O–H groups in total. The second kappa shape index (κ2) is 8.90. The van der Waals surface area contributed by atoms with Crippen molar-refractivity contribution in [2.75, 3.05) is 5.32 Å². The largest absolute Gasteiger partial charge is 0.467 e. The molecule has 2 aromatic heterocycles. The molecule has 3 aromatic rings. The number of furan rings is 1. The van der Waals surface area contributed by atoms with Crippen molar-refractivity contribution in [3.05, 3.63) is 75.8 Å². The summed E-state index contributed by atoms with van der Waals surface area (Å²) in [6.07, 6.45) is 4.24. The molecule has 1 aliphatic carbocycles. The summed E-state index contributed by atoms with van der Waals surface area (Å²) >= 11 is 1.47. The maximum atomic E-state index is 13.2. The topological polar surface area (TPSA) is 71.3 Å². The van der Waals surface area contributed by atoms with Gasteiger partial charge in [0, 0.05) is 10.4 Å². The Labute approximate surface area is 191 Å². The van der Waals surface area contributed by atoms with Crippen LogP contribution < -0.4 is 10.6 Å². The maximum Gasteiger partial charge on any atom is 0.256 e. The summed E-state index contributed by atoms with van der Waals surface area (Å²) in [6.45, 7) is 6.99. The summed E-state index contributed by atoms with van der Waals surface area (Å²) < 4.78 is 18.6. The van der Waals surface area contributed by atoms with Gasteiger partial charge in [0.2, 0.25) is 0 Å². The highest BCUT2D eigenvalue weighted by Gasteiger charge is 2.34. The number of anilines is 1. The van der Waals surface area contributed by atoms with Crippen molar-refractivity contribution < 1.29 is 18.4 Å². The minimum Gasteiger partial charge on any atom is -0.467 e. The standard InChI is InChI=1S/C25H27FN2O3S/c1-25(2,3)16-8-11-19-20(13-16)32-24(28-22(29)15-6-9-17(26)10-7-15)21(19)23(30)27-14-18-5-4-12-31-18/h4-7,9-10,12,16H,8,11,13-14H2,1-3H3,(H,27,30)(H,28,29). The normalized spacial score (nSPS) is 15.8. The van der Waals surface area contributed by atoms with Gasteiger partial charge in [-0.05, 0) is 72.6 Å². The van der Waals surface area contributed by atoms with Crippen LogP contribution in [0.15, 0.2) is 47.1 Å². The molecule has 1 aliphatic rings. The monoisotopic (exact) mass is 454 g/mol. The Balaban J connectivity index is 1.63. The van der Waals surface area contributed by atoms with E-state index in [-0.39, 0.29) is 23.8 Å². The minimum atomic E-state index is -0.403. The molecule has 168 valence electrons. The van der Waals surface area contributed by atoms with Crippen molar-refractivity contribution in [3.63, 3.8) is 0 Å². The van der Waals surface area contributed by atoms with Crippen molar-refractivity contribution in [2.45, 2.75) is 46.6 Å². The molecule has 0 fully saturated rings. The van der Waals surface area contributed by atoms with Gasteiger partial charge in [-0.1, -0.05) is 20.8 Å². The van der Waals surface area contributed by atoms with Crippen LogP contribution >= 0.6 is 11.3 Å². The molecule has 2 heterocycles. The number of thiophene rings is 1. The highest BCUT2D eigenvalue weighted by molar-refractivity contribution is 7.17. The summed E-state index contributed by atoms with van der Waals surface area (Å²) in [5.41, 5.74) is 2.05. The fourth-order valence-corrected chi connectivity index (χ4v) is 5.42. The zero-order valence-corrected chi connectivity index (χ0v) is 19.3. The molecule has 2 amide bonds. The molecule has 32 heavy (non-hydrogen) atoms. The number of carbonyl (C=O) groups is 2. The van der Waals surface area contributed by atoms with Gasteiger partial charge in [0.05, 0.1) is 18.4 Å². The lowest BCUT2D eigenvalue weighted by Gasteiger charge is -2.33. The van der Waals surface area contributed by atoms with Gasteiger partial charge in [-0.3, -0.25) is 9.59 Å². The van der Waals surface area contributed by atoms with Crippen molar-refractivity contribution in [3.8, 4) is 0 Å². The van der Waals surface area contributed by atoms with Gasteiger partial charge in [-0.2, -0.15) is 0 Å². The quantitative estimate of drug-likeness (QED) is 0.511. The van der Waals surface area contributed by atoms with Gasteiger partial charge in [0.25, 0.3) is 11.8 Å². The van der Waals surface area contributed by atoms with Gasteiger partial charge >= 0.3 is 0 Å². The molecule has 1 aromatic carbocycles. The first kappa shape index (κ1) is 22.3. The average Bonchev–Trinajstić information content (AvgIpc) is 3.38. The number of amides is 2. The number of halogens is 1. The molecule has 5 nitrogen and oxygen atoms in total. The SMILES string of the molecule is CC(C)(C)C1CCc2c(sc(NC(=O)c3ccc(F)cc3)c2C(=O)NCc2ccco2)C1. The molecule has 0 saturated heterocycles. The molecule has 4 rings (SSSR count). The Kier molecular flexibility index (Phi) is 6.20. The molecule has 1 atom stereocenters. The van der Waals surface area contributed by atoms with Crippen LogP contribution in [0.3, 0.4) is 0 Å². The van der Waals surface area contributed by atoms with Gasteiger partial charge in [-0.25, -0.2) is 4.39 Å². The number of benzene rings is 1. The van der Waals surface area contributed by atoms with Crippen LogP contribution in [-0.4, -0.2) is 11.8 Å². The van der Waals surface area contributed by atoms with E-state index in [4.69, 9.17) is 4.42 Å². The fraction of sp³-hybridized carbons (Fsp3) is 0.360. The van der Waals surface area contributed by atoms with E-state index < -0.39 is 5.82 Å². The molecular formula is C25H27FN2O3S. The fourth-order valence-electron chi connectivity index (χ4n) is 4.10. The van der Waals surface area contributed by atoms with Crippen LogP contribution in [0.4, 0.5) is 9.39 Å². The average molecular weight is 455 g/mol. The Morgan fingerprint density at radius 2 is 1.91 bits per heavy atom. The summed E-state index contributed by atoms with van der Waals surface area (Å²) in [4.78, 5) is 27.1. The van der Waals surface area contributed by atoms with Crippen molar-refractivity contribution in [1.29, 1.82) is 0 Å². The minimum absolute atomic E-state index is 0.168. The van der Waals surface area contributed by atoms with E-state index in [2.05, 4.69) is 31.4 Å². The van der Waals surface area contributed by atoms with Gasteiger partial charge in [-0.15, -0.1) is 11.3 Å². The van der Waals surface area contributed by atoms with Crippen LogP contribution in [0.2, 0.25) is 0 Å². The Hall–Kier alpha value is -2.93. The second-order valence-corrected chi connectivity index (χ2v) is 10.3. The predicted molar refractivity (Wildman–Crippen MR) is 124 cm³/mol. The second-order valence-electron chi connectivity index (χ2n) is 9.24. The first-order valence-corrected chi connectivity index (χ1v) is 11.6. The number of rotatable bonds is 5. The summed E-state index contributed by atoms with van der Waals surface area (Å²) in [7, 11) is 0. The number of hydrogen-bond donors (Lipinski definition) is 2. The third-order valence-electron chi connectivity index (χ3n) is 6.05. The Bertz CT molecular complexity index is 1110. The zero-order chi connectivity index (χ0) is 22.9. The van der Waals surface area contributed by atoms with E-state index >= 15 is 0 Å². The van der Waals surface area contributed by atoms with Gasteiger partial charge in [0.1, 0.15) is 16.6 Å². The van der Waals surface area contributed by atoms with E-state index in [0.29, 0.717) is 27.8 Å². The summed E-state index contributed by atoms with van der Waals surface area (Å²) in [5.74, 6) is 0.165. The lowest BCUT2D eigenvalue weighted by atomic mass is 9.72. The predicted octanol–water partition coefficient (Wildman–Crippen LogP) is 5.81. The lowest BCUT2D eigenvalue weighted by molar-refractivity contribution is 0.0947. The molecule has 0 aliphatic heterocycles. The number of carbonyl (C=O) groups excluding carboxylic acids is 2. The number of hydrogen-bond acceptors (Lipinski definition) is 4. The van der Waals surface area contributed by atoms with Crippen LogP contribution in [0, 0.1) is 17.2 Å². The molecule has 0 saturated carbocycles. The number of nitrogens with one attached hydrogen (secondary N) is 2. The van der Waals surface area contributed by atoms with E-state index in [1.807, 2.05) is 0 Å². The number of fused-ring (bicyclic) bond motifs is 1. The van der Waals surface area contributed by atoms with Gasteiger partial charge < -0.3 is 15.1 Å². The van der Waals surface area contributed by atoms with Crippen LogP contribution in [0.25, 0.3) is 0 Å². The van der Waals surface area contributed by atoms with Crippen molar-refractivity contribution in [1.82, 2.24) is 5.32 Å². The van der Waals surface area contributed by atoms with E-state index in [1.54, 1.807) is 18.4 Å². The zero-order valence-electron chi connectivity index (χ0n) is 18.5. The first-order valence-electron chi connectivity index (χ1n) is 10.7. The highest BCUT2D eigenvalue weighted by Crippen LogP contribution is 2.44. The summed E-state index contributed by atoms with van der Waals surface area (Å²) in [6, 6.07) is 8.94. The van der Waals surface area contributed by atoms with E-state index in [9.17, 15) is 14.0 Å². The Morgan fingerprint density at radius 3 is 2.56 bits per heavy atom. The van der Waals surface area contributed by atoms with E-state index in [1.165, 1.54) is 35.6 Å². The molecule has 0 spiro atoms. The maximum absolute atomic E-state index is 13.2. The van der Waals surface area contributed by atoms with Crippen molar-refractivity contribution >= 4 is 28.2 Å². The highest BCUT2D eigenvalue weighted by atomic mass is 32.1. The third-order valence-corrected chi connectivity index (χ3v) is 7.22. The first-order chi connectivity index (χ1) is 15.2. The molecular weight excluding hydrogens is 427 g/mol. The Morgan fingerprint density at radius 1 is 1.16 bits per heavy atom. The molecule has 0 radical (unpaired) electrons. The molecule has 1 unspecified atom stereocenters. The van der Waals surface area contributed by atoms with Crippen LogP contribution in [-0.2, 0) is 19.4 Å². The lowest BCUT2D eigenvalue weighted by Crippen LogP contribution is -2.28. The van der Waals surface area contributed by atoms with Crippen LogP contribution in [0.1, 0.15) is 64.1 Å². The van der Waals surface area contributed by atoms with Crippen LogP contribution in [0.5, 0.6) is 0 Å².